The molecule has 0 spiro atoms. The van der Waals surface area contributed by atoms with Crippen molar-refractivity contribution in [2.24, 2.45) is 11.3 Å². The Morgan fingerprint density at radius 3 is 2.42 bits per heavy atom. The molecule has 0 aliphatic heterocycles. The molecule has 0 fully saturated rings. The molecule has 2 aromatic rings. The van der Waals surface area contributed by atoms with Crippen LogP contribution in [-0.2, 0) is 16.0 Å². The summed E-state index contributed by atoms with van der Waals surface area (Å²) in [5.41, 5.74) is 0.879. The molecule has 1 amide bonds. The smallest absolute Gasteiger partial charge is 0.308 e. The lowest BCUT2D eigenvalue weighted by atomic mass is 9.91. The number of nitrogens with one attached hydrogen (secondary N) is 1. The maximum Gasteiger partial charge on any atom is 0.308 e. The minimum absolute atomic E-state index is 0.105. The quantitative estimate of drug-likeness (QED) is 0.851. The first-order valence-corrected chi connectivity index (χ1v) is 8.22. The number of aliphatic carboxylic acids is 1. The van der Waals surface area contributed by atoms with Crippen molar-refractivity contribution < 1.29 is 14.7 Å². The Balaban J connectivity index is 2.08. The largest absolute Gasteiger partial charge is 0.481 e. The van der Waals surface area contributed by atoms with E-state index >= 15 is 0 Å². The van der Waals surface area contributed by atoms with E-state index in [2.05, 4.69) is 5.32 Å². The van der Waals surface area contributed by atoms with Gasteiger partial charge < -0.3 is 10.4 Å². The van der Waals surface area contributed by atoms with Gasteiger partial charge in [0.25, 0.3) is 0 Å². The highest BCUT2D eigenvalue weighted by molar-refractivity contribution is 5.86. The molecule has 0 heterocycles. The summed E-state index contributed by atoms with van der Waals surface area (Å²) in [6.07, 6.45) is 0.778. The van der Waals surface area contributed by atoms with Gasteiger partial charge in [-0.1, -0.05) is 63.2 Å². The lowest BCUT2D eigenvalue weighted by Gasteiger charge is -2.19. The summed E-state index contributed by atoms with van der Waals surface area (Å²) < 4.78 is 0. The van der Waals surface area contributed by atoms with Crippen LogP contribution in [0.3, 0.4) is 0 Å². The molecular formula is C20H25NO3. The van der Waals surface area contributed by atoms with Crippen molar-refractivity contribution in [3.8, 4) is 0 Å². The number of fused-ring (bicyclic) bond motifs is 1. The molecule has 1 unspecified atom stereocenters. The molecule has 0 saturated heterocycles. The van der Waals surface area contributed by atoms with Crippen LogP contribution in [0.5, 0.6) is 0 Å². The lowest BCUT2D eigenvalue weighted by molar-refractivity contribution is -0.141. The summed E-state index contributed by atoms with van der Waals surface area (Å²) in [6.45, 7) is 6.10. The molecule has 4 heteroatoms. The predicted molar refractivity (Wildman–Crippen MR) is 95.9 cm³/mol. The highest BCUT2D eigenvalue weighted by atomic mass is 16.4. The molecular weight excluding hydrogens is 302 g/mol. The highest BCUT2D eigenvalue weighted by Crippen LogP contribution is 2.22. The van der Waals surface area contributed by atoms with Crippen LogP contribution in [0.1, 0.15) is 32.8 Å². The van der Waals surface area contributed by atoms with Gasteiger partial charge in [-0.2, -0.15) is 0 Å². The molecule has 4 nitrogen and oxygen atoms in total. The van der Waals surface area contributed by atoms with Crippen LogP contribution in [0, 0.1) is 11.3 Å². The SMILES string of the molecule is CC(C)(C)CC(=O)NCC(Cc1cccc2ccccc12)C(=O)O. The standard InChI is InChI=1S/C20H25NO3/c1-20(2,3)12-18(22)21-13-16(19(23)24)11-15-9-6-8-14-7-4-5-10-17(14)15/h4-10,16H,11-13H2,1-3H3,(H,21,22)(H,23,24). The van der Waals surface area contributed by atoms with Crippen LogP contribution in [0.2, 0.25) is 0 Å². The molecule has 2 N–H and O–H groups in total. The molecule has 1 atom stereocenters. The number of amides is 1. The number of hydrogen-bond acceptors (Lipinski definition) is 2. The van der Waals surface area contributed by atoms with E-state index in [1.165, 1.54) is 0 Å². The Kier molecular flexibility index (Phi) is 5.60. The van der Waals surface area contributed by atoms with E-state index in [0.29, 0.717) is 12.8 Å². The van der Waals surface area contributed by atoms with Crippen LogP contribution < -0.4 is 5.32 Å². The van der Waals surface area contributed by atoms with Crippen molar-refractivity contribution in [3.63, 3.8) is 0 Å². The summed E-state index contributed by atoms with van der Waals surface area (Å²) >= 11 is 0. The van der Waals surface area contributed by atoms with E-state index in [1.807, 2.05) is 63.2 Å². The van der Waals surface area contributed by atoms with Crippen molar-refractivity contribution in [2.45, 2.75) is 33.6 Å². The molecule has 2 rings (SSSR count). The van der Waals surface area contributed by atoms with E-state index in [9.17, 15) is 14.7 Å². The van der Waals surface area contributed by atoms with E-state index in [4.69, 9.17) is 0 Å². The van der Waals surface area contributed by atoms with Crippen LogP contribution in [0.15, 0.2) is 42.5 Å². The van der Waals surface area contributed by atoms with Crippen molar-refractivity contribution in [3.05, 3.63) is 48.0 Å². The first-order valence-electron chi connectivity index (χ1n) is 8.22. The molecule has 0 bridgehead atoms. The molecule has 128 valence electrons. The molecule has 0 aromatic heterocycles. The Morgan fingerprint density at radius 2 is 1.75 bits per heavy atom. The van der Waals surface area contributed by atoms with Gasteiger partial charge in [-0.3, -0.25) is 9.59 Å². The highest BCUT2D eigenvalue weighted by Gasteiger charge is 2.21. The third-order valence-corrected chi connectivity index (χ3v) is 3.93. The second kappa shape index (κ2) is 7.47. The Labute approximate surface area is 142 Å². The number of hydrogen-bond donors (Lipinski definition) is 2. The summed E-state index contributed by atoms with van der Waals surface area (Å²) in [5.74, 6) is -1.63. The van der Waals surface area contributed by atoms with Crippen molar-refractivity contribution in [2.75, 3.05) is 6.54 Å². The van der Waals surface area contributed by atoms with Gasteiger partial charge >= 0.3 is 5.97 Å². The van der Waals surface area contributed by atoms with E-state index < -0.39 is 11.9 Å². The van der Waals surface area contributed by atoms with E-state index in [1.54, 1.807) is 0 Å². The van der Waals surface area contributed by atoms with Crippen LogP contribution in [0.25, 0.3) is 10.8 Å². The molecule has 0 aliphatic carbocycles. The number of carboxylic acids is 1. The fourth-order valence-electron chi connectivity index (χ4n) is 2.76. The molecule has 2 aromatic carbocycles. The van der Waals surface area contributed by atoms with Gasteiger partial charge in [0.15, 0.2) is 0 Å². The first-order chi connectivity index (χ1) is 11.3. The van der Waals surface area contributed by atoms with Gasteiger partial charge in [0.1, 0.15) is 0 Å². The number of rotatable bonds is 6. The summed E-state index contributed by atoms with van der Waals surface area (Å²) in [4.78, 5) is 23.5. The maximum absolute atomic E-state index is 11.9. The monoisotopic (exact) mass is 327 g/mol. The first kappa shape index (κ1) is 18.0. The van der Waals surface area contributed by atoms with Crippen LogP contribution in [-0.4, -0.2) is 23.5 Å². The Hall–Kier alpha value is -2.36. The average Bonchev–Trinajstić information content (AvgIpc) is 2.49. The predicted octanol–water partition coefficient (Wildman–Crippen LogP) is 3.64. The Morgan fingerprint density at radius 1 is 1.08 bits per heavy atom. The zero-order valence-electron chi connectivity index (χ0n) is 14.5. The van der Waals surface area contributed by atoms with Crippen molar-refractivity contribution >= 4 is 22.6 Å². The van der Waals surface area contributed by atoms with Gasteiger partial charge in [0, 0.05) is 13.0 Å². The van der Waals surface area contributed by atoms with E-state index in [0.717, 1.165) is 16.3 Å². The van der Waals surface area contributed by atoms with Gasteiger partial charge in [-0.05, 0) is 28.2 Å². The van der Waals surface area contributed by atoms with Crippen molar-refractivity contribution in [1.29, 1.82) is 0 Å². The third-order valence-electron chi connectivity index (χ3n) is 3.93. The Bertz CT molecular complexity index is 726. The second-order valence-corrected chi connectivity index (χ2v) is 7.42. The molecule has 0 radical (unpaired) electrons. The molecule has 0 saturated carbocycles. The maximum atomic E-state index is 11.9. The fourth-order valence-corrected chi connectivity index (χ4v) is 2.76. The molecule has 24 heavy (non-hydrogen) atoms. The topological polar surface area (TPSA) is 66.4 Å². The zero-order valence-corrected chi connectivity index (χ0v) is 14.5. The minimum atomic E-state index is -0.890. The minimum Gasteiger partial charge on any atom is -0.481 e. The van der Waals surface area contributed by atoms with Crippen LogP contribution in [0.4, 0.5) is 0 Å². The summed E-state index contributed by atoms with van der Waals surface area (Å²) in [5, 5.41) is 14.4. The normalized spacial score (nSPS) is 12.8. The number of carbonyl (C=O) groups is 2. The summed E-state index contributed by atoms with van der Waals surface area (Å²) in [7, 11) is 0. The van der Waals surface area contributed by atoms with Gasteiger partial charge in [0.05, 0.1) is 5.92 Å². The van der Waals surface area contributed by atoms with E-state index in [-0.39, 0.29) is 17.9 Å². The third kappa shape index (κ3) is 5.08. The van der Waals surface area contributed by atoms with Crippen molar-refractivity contribution in [1.82, 2.24) is 5.32 Å². The fraction of sp³-hybridized carbons (Fsp3) is 0.400. The number of carboxylic acid groups (broad SMARTS) is 1. The van der Waals surface area contributed by atoms with Gasteiger partial charge in [-0.15, -0.1) is 0 Å². The lowest BCUT2D eigenvalue weighted by Crippen LogP contribution is -2.35. The van der Waals surface area contributed by atoms with Crippen LogP contribution >= 0.6 is 0 Å². The summed E-state index contributed by atoms with van der Waals surface area (Å²) in [6, 6.07) is 13.8. The molecule has 0 aliphatic rings. The number of carbonyl (C=O) groups excluding carboxylic acids is 1. The number of benzene rings is 2. The second-order valence-electron chi connectivity index (χ2n) is 7.42. The van der Waals surface area contributed by atoms with Gasteiger partial charge in [-0.25, -0.2) is 0 Å². The zero-order chi connectivity index (χ0) is 17.7. The average molecular weight is 327 g/mol. The van der Waals surface area contributed by atoms with Gasteiger partial charge in [0.2, 0.25) is 5.91 Å².